The van der Waals surface area contributed by atoms with Gasteiger partial charge in [0.2, 0.25) is 17.6 Å². The van der Waals surface area contributed by atoms with E-state index in [1.54, 1.807) is 0 Å². The number of benzene rings is 4. The maximum atomic E-state index is 12.6. The molecule has 4 atom stereocenters. The van der Waals surface area contributed by atoms with E-state index in [0.29, 0.717) is 82.3 Å². The summed E-state index contributed by atoms with van der Waals surface area (Å²) in [4.78, 5) is 25.6. The van der Waals surface area contributed by atoms with E-state index in [0.717, 1.165) is 156 Å². The summed E-state index contributed by atoms with van der Waals surface area (Å²) in [6.07, 6.45) is 56.6. The van der Waals surface area contributed by atoms with Crippen molar-refractivity contribution in [3.05, 3.63) is 94.0 Å². The third-order valence-corrected chi connectivity index (χ3v) is 20.7. The van der Waals surface area contributed by atoms with Crippen LogP contribution in [0.1, 0.15) is 348 Å². The van der Waals surface area contributed by atoms with Crippen LogP contribution in [-0.2, 0) is 0 Å². The molecule has 0 fully saturated rings. The van der Waals surface area contributed by atoms with Gasteiger partial charge in [0.05, 0.1) is 46.2 Å². The second-order valence-electron chi connectivity index (χ2n) is 30.8. The molecule has 108 heavy (non-hydrogen) atoms. The number of rotatable bonds is 63. The van der Waals surface area contributed by atoms with E-state index in [1.165, 1.54) is 154 Å². The van der Waals surface area contributed by atoms with Gasteiger partial charge in [-0.2, -0.15) is 15.0 Å². The number of ether oxygens (including phenoxy) is 7. The molecule has 4 N–H and O–H groups in total. The molecule has 0 radical (unpaired) electrons. The minimum Gasteiger partial charge on any atom is -0.493 e. The number of hydrogen-bond acceptors (Lipinski definition) is 12. The highest BCUT2D eigenvalue weighted by atomic mass is 16.5. The molecule has 5 rings (SSSR count). The largest absolute Gasteiger partial charge is 0.493 e. The van der Waals surface area contributed by atoms with Crippen LogP contribution in [0.5, 0.6) is 40.2 Å². The maximum absolute atomic E-state index is 12.6. The lowest BCUT2D eigenvalue weighted by molar-refractivity contribution is 0.234. The SMILES string of the molecule is CCCCCCCCCCCCOc1cc(/C=C/c2cc(OC[C@H](C)CC)c(/C=C/c3cc(OC[C@H](C)CC)c(/C=C/c4ccc(-c5nc(N)nc(NC(=O)NCCCC)n5)cc4)cc3OC[C@H](C)CC)cc2OC[C@H](C)CC)cc(OCCCCCCCCCCCC)c1OCCCCCCCCCCCC. The maximum Gasteiger partial charge on any atom is 0.321 e. The molecule has 0 saturated heterocycles. The van der Waals surface area contributed by atoms with Gasteiger partial charge in [0.15, 0.2) is 17.3 Å². The number of aromatic nitrogens is 3. The van der Waals surface area contributed by atoms with Crippen LogP contribution >= 0.6 is 0 Å². The first-order chi connectivity index (χ1) is 52.7. The van der Waals surface area contributed by atoms with Crippen LogP contribution in [0.15, 0.2) is 60.7 Å². The predicted molar refractivity (Wildman–Crippen MR) is 460 cm³/mol. The number of anilines is 2. The molecule has 4 aromatic carbocycles. The van der Waals surface area contributed by atoms with Gasteiger partial charge in [0.25, 0.3) is 0 Å². The van der Waals surface area contributed by atoms with Crippen LogP contribution in [0.4, 0.5) is 16.7 Å². The molecule has 0 aliphatic heterocycles. The van der Waals surface area contributed by atoms with Crippen LogP contribution in [0, 0.1) is 23.7 Å². The fourth-order valence-corrected chi connectivity index (χ4v) is 12.4. The number of carbonyl (C=O) groups is 1. The quantitative estimate of drug-likeness (QED) is 0.0249. The Morgan fingerprint density at radius 1 is 0.361 bits per heavy atom. The van der Waals surface area contributed by atoms with Crippen molar-refractivity contribution in [2.45, 2.75) is 314 Å². The molecular formula is C94H148N6O8. The highest BCUT2D eigenvalue weighted by Crippen LogP contribution is 2.42. The lowest BCUT2D eigenvalue weighted by atomic mass is 10.0. The van der Waals surface area contributed by atoms with Gasteiger partial charge < -0.3 is 44.2 Å². The molecule has 0 unspecified atom stereocenters. The third-order valence-electron chi connectivity index (χ3n) is 20.7. The van der Waals surface area contributed by atoms with Crippen LogP contribution in [0.25, 0.3) is 47.8 Å². The van der Waals surface area contributed by atoms with Crippen molar-refractivity contribution in [3.8, 4) is 51.6 Å². The van der Waals surface area contributed by atoms with Gasteiger partial charge >= 0.3 is 6.03 Å². The molecule has 5 aromatic rings. The zero-order valence-corrected chi connectivity index (χ0v) is 69.8. The number of nitrogens with zero attached hydrogens (tertiary/aromatic N) is 3. The van der Waals surface area contributed by atoms with E-state index in [9.17, 15) is 4.79 Å². The predicted octanol–water partition coefficient (Wildman–Crippen LogP) is 27.2. The van der Waals surface area contributed by atoms with Crippen LogP contribution in [0.3, 0.4) is 0 Å². The Bertz CT molecular complexity index is 3250. The first kappa shape index (κ1) is 91.4. The molecule has 0 spiro atoms. The molecule has 14 nitrogen and oxygen atoms in total. The summed E-state index contributed by atoms with van der Waals surface area (Å²) in [5, 5.41) is 5.52. The fraction of sp³-hybridized carbons (Fsp3) is 0.638. The van der Waals surface area contributed by atoms with E-state index in [2.05, 4.69) is 182 Å². The van der Waals surface area contributed by atoms with Crippen LogP contribution in [-0.4, -0.2) is 73.8 Å². The third kappa shape index (κ3) is 37.9. The standard InChI is InChI=1S/C94H148N6O8/c1-13-21-25-28-31-34-37-40-43-46-60-102-88-63-78(64-89(103-61-47-44-41-38-35-32-29-26-22-14-2)90(88)104-62-48-45-42-39-36-33-30-27-23-15-3)52-56-81-66-87(108-72-76(12)20-8)83(68-85(81)106-70-74(10)18-6)58-57-82-67-84(105-69-73(9)17-5)80(65-86(82)107-71-75(11)19-7)55-51-77-49-53-79(54-50-77)91-97-92(95)99-93(98-91)100-94(101)96-59-24-16-4/h49-58,63-68,73-76H,13-48,59-62,69-72H2,1-12H3,(H4,95,96,97,98,99,100,101)/b55-51+,56-52+,58-57+/t73-,74-,75-,76-/m1/s1. The zero-order valence-electron chi connectivity index (χ0n) is 69.8. The topological polar surface area (TPSA) is 170 Å². The fourth-order valence-electron chi connectivity index (χ4n) is 12.4. The number of unbranched alkanes of at least 4 members (excludes halogenated alkanes) is 28. The summed E-state index contributed by atoms with van der Waals surface area (Å²) in [5.41, 5.74) is 12.3. The lowest BCUT2D eigenvalue weighted by Crippen LogP contribution is -2.30. The Labute approximate surface area is 656 Å². The summed E-state index contributed by atoms with van der Waals surface area (Å²) in [7, 11) is 0. The van der Waals surface area contributed by atoms with E-state index < -0.39 is 6.03 Å². The number of nitrogen functional groups attached to an aromatic ring is 1. The Hall–Kier alpha value is -7.22. The van der Waals surface area contributed by atoms with E-state index in [-0.39, 0.29) is 11.9 Å². The van der Waals surface area contributed by atoms with Gasteiger partial charge in [-0.1, -0.05) is 349 Å². The second-order valence-corrected chi connectivity index (χ2v) is 30.8. The average molecular weight is 1490 g/mol. The summed E-state index contributed by atoms with van der Waals surface area (Å²) >= 11 is 0. The lowest BCUT2D eigenvalue weighted by Gasteiger charge is -2.19. The summed E-state index contributed by atoms with van der Waals surface area (Å²) < 4.78 is 48.1. The average Bonchev–Trinajstić information content (AvgIpc) is 0.819. The first-order valence-electron chi connectivity index (χ1n) is 43.4. The minimum atomic E-state index is -0.394. The van der Waals surface area contributed by atoms with Crippen molar-refractivity contribution in [1.82, 2.24) is 20.3 Å². The molecule has 602 valence electrons. The van der Waals surface area contributed by atoms with Crippen molar-refractivity contribution >= 4 is 54.4 Å². The number of nitrogens with one attached hydrogen (secondary N) is 2. The zero-order chi connectivity index (χ0) is 77.6. The van der Waals surface area contributed by atoms with Crippen LogP contribution in [0.2, 0.25) is 0 Å². The Balaban J connectivity index is 1.57. The molecular weight excluding hydrogens is 1340 g/mol. The smallest absolute Gasteiger partial charge is 0.321 e. The summed E-state index contributed by atoms with van der Waals surface area (Å²) in [6.45, 7) is 31.3. The molecule has 0 aliphatic rings. The Morgan fingerprint density at radius 2 is 0.685 bits per heavy atom. The van der Waals surface area contributed by atoms with Crippen molar-refractivity contribution in [2.24, 2.45) is 23.7 Å². The van der Waals surface area contributed by atoms with Gasteiger partial charge in [-0.25, -0.2) is 4.79 Å². The van der Waals surface area contributed by atoms with E-state index in [1.807, 2.05) is 24.3 Å². The monoisotopic (exact) mass is 1490 g/mol. The van der Waals surface area contributed by atoms with E-state index >= 15 is 0 Å². The molecule has 14 heteroatoms. The normalized spacial score (nSPS) is 12.8. The second kappa shape index (κ2) is 56.9. The van der Waals surface area contributed by atoms with Gasteiger partial charge in [-0.15, -0.1) is 0 Å². The minimum absolute atomic E-state index is 0.0107. The Morgan fingerprint density at radius 3 is 1.04 bits per heavy atom. The van der Waals surface area contributed by atoms with Gasteiger partial charge in [-0.3, -0.25) is 5.32 Å². The van der Waals surface area contributed by atoms with Crippen molar-refractivity contribution in [1.29, 1.82) is 0 Å². The number of amides is 2. The number of carbonyl (C=O) groups excluding carboxylic acids is 1. The summed E-state index contributed by atoms with van der Waals surface area (Å²) in [6, 6.07) is 20.3. The molecule has 0 saturated carbocycles. The van der Waals surface area contributed by atoms with Crippen molar-refractivity contribution in [2.75, 3.05) is 63.8 Å². The first-order valence-corrected chi connectivity index (χ1v) is 43.4. The van der Waals surface area contributed by atoms with Crippen LogP contribution < -0.4 is 49.5 Å². The molecule has 0 bridgehead atoms. The Kier molecular flexibility index (Phi) is 48.2. The summed E-state index contributed by atoms with van der Waals surface area (Å²) in [5.74, 6) is 7.03. The molecule has 0 aliphatic carbocycles. The van der Waals surface area contributed by atoms with E-state index in [4.69, 9.17) is 38.9 Å². The molecule has 1 heterocycles. The highest BCUT2D eigenvalue weighted by molar-refractivity contribution is 5.88. The van der Waals surface area contributed by atoms with Gasteiger partial charge in [0, 0.05) is 34.4 Å². The highest BCUT2D eigenvalue weighted by Gasteiger charge is 2.20. The molecule has 2 amide bonds. The van der Waals surface area contributed by atoms with Crippen molar-refractivity contribution < 1.29 is 38.0 Å². The number of urea groups is 1. The van der Waals surface area contributed by atoms with Gasteiger partial charge in [0.1, 0.15) is 23.0 Å². The van der Waals surface area contributed by atoms with Crippen molar-refractivity contribution in [3.63, 3.8) is 0 Å². The molecule has 1 aromatic heterocycles. The number of hydrogen-bond donors (Lipinski definition) is 3. The number of nitrogens with two attached hydrogens (primary N) is 1. The van der Waals surface area contributed by atoms with Gasteiger partial charge in [-0.05, 0) is 96.9 Å².